The number of nitrogens with zero attached hydrogens (tertiary/aromatic N) is 2. The van der Waals surface area contributed by atoms with Gasteiger partial charge >= 0.3 is 0 Å². The van der Waals surface area contributed by atoms with Crippen molar-refractivity contribution in [3.05, 3.63) is 138 Å². The fraction of sp³-hybridized carbons (Fsp3) is 0.100. The maximum atomic E-state index is 13.5. The van der Waals surface area contributed by atoms with Crippen molar-refractivity contribution in [2.24, 2.45) is 0 Å². The molecule has 0 saturated carbocycles. The lowest BCUT2D eigenvalue weighted by atomic mass is 10.1. The highest BCUT2D eigenvalue weighted by Crippen LogP contribution is 2.44. The molecule has 0 radical (unpaired) electrons. The van der Waals surface area contributed by atoms with Crippen molar-refractivity contribution in [1.29, 1.82) is 0 Å². The van der Waals surface area contributed by atoms with Crippen molar-refractivity contribution in [2.45, 2.75) is 20.8 Å². The van der Waals surface area contributed by atoms with Gasteiger partial charge in [-0.05, 0) is 105 Å². The zero-order valence-electron chi connectivity index (χ0n) is 25.6. The molecule has 0 saturated heterocycles. The Bertz CT molecular complexity index is 2400. The van der Waals surface area contributed by atoms with Crippen molar-refractivity contribution in [3.63, 3.8) is 0 Å². The van der Waals surface area contributed by atoms with Gasteiger partial charge in [0.2, 0.25) is 0 Å². The smallest absolute Gasteiger partial charge is 0.123 e. The summed E-state index contributed by atoms with van der Waals surface area (Å²) in [4.78, 5) is 4.50. The summed E-state index contributed by atoms with van der Waals surface area (Å²) < 4.78 is 18.6. The van der Waals surface area contributed by atoms with Gasteiger partial charge in [0.15, 0.2) is 0 Å². The quantitative estimate of drug-likeness (QED) is 0.188. The van der Waals surface area contributed by atoms with Crippen LogP contribution >= 0.6 is 22.7 Å². The van der Waals surface area contributed by atoms with Crippen LogP contribution in [0.15, 0.2) is 115 Å². The standard InChI is InChI=1S/C40H31FN2S2/c1-24-6-18-36(26(3)19-24)43(30-12-16-34-32-14-5-25(2)20-37(32)44-39(34)22-30)31-13-17-35-33-15-11-29(21-38(33)45-40(35)23-31)42(4)28-9-7-27(41)8-10-28/h5-23H,1-4H3. The Balaban J connectivity index is 1.26. The van der Waals surface area contributed by atoms with Gasteiger partial charge in [0, 0.05) is 75.8 Å². The van der Waals surface area contributed by atoms with Gasteiger partial charge in [-0.25, -0.2) is 4.39 Å². The van der Waals surface area contributed by atoms with Crippen molar-refractivity contribution in [1.82, 2.24) is 0 Å². The lowest BCUT2D eigenvalue weighted by molar-refractivity contribution is 0.628. The van der Waals surface area contributed by atoms with E-state index in [0.717, 1.165) is 22.7 Å². The number of rotatable bonds is 5. The fourth-order valence-corrected chi connectivity index (χ4v) is 8.82. The van der Waals surface area contributed by atoms with E-state index in [1.807, 2.05) is 41.9 Å². The van der Waals surface area contributed by atoms with Crippen LogP contribution in [0.3, 0.4) is 0 Å². The molecule has 0 unspecified atom stereocenters. The van der Waals surface area contributed by atoms with E-state index in [1.54, 1.807) is 0 Å². The van der Waals surface area contributed by atoms with E-state index in [-0.39, 0.29) is 5.82 Å². The number of hydrogen-bond acceptors (Lipinski definition) is 4. The molecule has 2 nitrogen and oxygen atoms in total. The van der Waals surface area contributed by atoms with E-state index in [0.29, 0.717) is 0 Å². The molecule has 5 heteroatoms. The molecule has 220 valence electrons. The van der Waals surface area contributed by atoms with Crippen LogP contribution in [0.1, 0.15) is 16.7 Å². The largest absolute Gasteiger partial charge is 0.345 e. The van der Waals surface area contributed by atoms with E-state index in [1.165, 1.54) is 74.9 Å². The topological polar surface area (TPSA) is 6.48 Å². The first-order chi connectivity index (χ1) is 21.8. The maximum absolute atomic E-state index is 13.5. The second kappa shape index (κ2) is 10.7. The summed E-state index contributed by atoms with van der Waals surface area (Å²) in [7, 11) is 2.02. The SMILES string of the molecule is Cc1ccc(N(c2ccc3c(c2)sc2cc(C)ccc23)c2ccc3c(c2)sc2cc(N(C)c4ccc(F)cc4)ccc23)c(C)c1. The van der Waals surface area contributed by atoms with Gasteiger partial charge in [0.05, 0.1) is 0 Å². The minimum atomic E-state index is -0.225. The van der Waals surface area contributed by atoms with E-state index in [9.17, 15) is 4.39 Å². The number of hydrogen-bond donors (Lipinski definition) is 0. The van der Waals surface area contributed by atoms with Crippen LogP contribution in [0, 0.1) is 26.6 Å². The molecule has 0 aliphatic carbocycles. The Labute approximate surface area is 270 Å². The van der Waals surface area contributed by atoms with Crippen LogP contribution in [0.2, 0.25) is 0 Å². The van der Waals surface area contributed by atoms with Gasteiger partial charge in [-0.1, -0.05) is 48.0 Å². The lowest BCUT2D eigenvalue weighted by Gasteiger charge is -2.27. The average Bonchev–Trinajstić information content (AvgIpc) is 3.58. The zero-order chi connectivity index (χ0) is 30.8. The van der Waals surface area contributed by atoms with E-state index >= 15 is 0 Å². The Morgan fingerprint density at radius 2 is 0.911 bits per heavy atom. The van der Waals surface area contributed by atoms with Gasteiger partial charge in [-0.2, -0.15) is 0 Å². The zero-order valence-corrected chi connectivity index (χ0v) is 27.2. The highest BCUT2D eigenvalue weighted by Gasteiger charge is 2.18. The predicted molar refractivity (Wildman–Crippen MR) is 196 cm³/mol. The second-order valence-corrected chi connectivity index (χ2v) is 14.1. The normalized spacial score (nSPS) is 11.7. The molecular weight excluding hydrogens is 592 g/mol. The Morgan fingerprint density at radius 1 is 0.467 bits per heavy atom. The summed E-state index contributed by atoms with van der Waals surface area (Å²) in [6.07, 6.45) is 0. The molecule has 8 aromatic rings. The van der Waals surface area contributed by atoms with Crippen molar-refractivity contribution >= 4 is 91.5 Å². The Hall–Kier alpha value is -4.71. The predicted octanol–water partition coefficient (Wildman–Crippen LogP) is 12.7. The van der Waals surface area contributed by atoms with Crippen LogP contribution in [-0.4, -0.2) is 7.05 Å². The first kappa shape index (κ1) is 27.8. The molecule has 2 aromatic heterocycles. The third-order valence-electron chi connectivity index (χ3n) is 8.76. The fourth-order valence-electron chi connectivity index (χ4n) is 6.41. The summed E-state index contributed by atoms with van der Waals surface area (Å²) in [5.74, 6) is -0.225. The highest BCUT2D eigenvalue weighted by atomic mass is 32.1. The number of fused-ring (bicyclic) bond motifs is 6. The first-order valence-electron chi connectivity index (χ1n) is 15.1. The number of anilines is 5. The van der Waals surface area contributed by atoms with Crippen LogP contribution in [0.25, 0.3) is 40.3 Å². The molecule has 0 bridgehead atoms. The molecule has 0 atom stereocenters. The summed E-state index contributed by atoms with van der Waals surface area (Å²) in [6.45, 7) is 6.51. The van der Waals surface area contributed by atoms with E-state index < -0.39 is 0 Å². The molecule has 0 aliphatic heterocycles. The molecule has 6 aromatic carbocycles. The van der Waals surface area contributed by atoms with Crippen LogP contribution in [-0.2, 0) is 0 Å². The molecular formula is C40H31FN2S2. The van der Waals surface area contributed by atoms with Crippen molar-refractivity contribution < 1.29 is 4.39 Å². The summed E-state index contributed by atoms with van der Waals surface area (Å²) in [5.41, 5.74) is 9.29. The van der Waals surface area contributed by atoms with Gasteiger partial charge in [0.1, 0.15) is 5.82 Å². The number of halogens is 1. The third-order valence-corrected chi connectivity index (χ3v) is 11.0. The summed E-state index contributed by atoms with van der Waals surface area (Å²) in [5, 5.41) is 5.13. The summed E-state index contributed by atoms with van der Waals surface area (Å²) >= 11 is 3.68. The molecule has 0 N–H and O–H groups in total. The van der Waals surface area contributed by atoms with Crippen LogP contribution < -0.4 is 9.80 Å². The summed E-state index contributed by atoms with van der Waals surface area (Å²) in [6, 6.07) is 40.5. The molecule has 0 amide bonds. The van der Waals surface area contributed by atoms with Crippen LogP contribution in [0.4, 0.5) is 32.8 Å². The van der Waals surface area contributed by atoms with Crippen LogP contribution in [0.5, 0.6) is 0 Å². The maximum Gasteiger partial charge on any atom is 0.123 e. The van der Waals surface area contributed by atoms with Gasteiger partial charge in [0.25, 0.3) is 0 Å². The minimum absolute atomic E-state index is 0.225. The average molecular weight is 623 g/mol. The molecule has 45 heavy (non-hydrogen) atoms. The minimum Gasteiger partial charge on any atom is -0.345 e. The number of thiophene rings is 2. The van der Waals surface area contributed by atoms with Gasteiger partial charge in [-0.15, -0.1) is 22.7 Å². The third kappa shape index (κ3) is 4.84. The van der Waals surface area contributed by atoms with E-state index in [2.05, 4.69) is 122 Å². The Morgan fingerprint density at radius 3 is 1.49 bits per heavy atom. The Kier molecular flexibility index (Phi) is 6.63. The van der Waals surface area contributed by atoms with Gasteiger partial charge in [-0.3, -0.25) is 0 Å². The van der Waals surface area contributed by atoms with Crippen molar-refractivity contribution in [2.75, 3.05) is 16.8 Å². The second-order valence-electron chi connectivity index (χ2n) is 11.9. The molecule has 0 aliphatic rings. The van der Waals surface area contributed by atoms with Gasteiger partial charge < -0.3 is 9.80 Å². The van der Waals surface area contributed by atoms with E-state index in [4.69, 9.17) is 0 Å². The van der Waals surface area contributed by atoms with Crippen molar-refractivity contribution in [3.8, 4) is 0 Å². The first-order valence-corrected chi connectivity index (χ1v) is 16.7. The highest BCUT2D eigenvalue weighted by molar-refractivity contribution is 7.26. The molecule has 2 heterocycles. The lowest BCUT2D eigenvalue weighted by Crippen LogP contribution is -2.11. The molecule has 8 rings (SSSR count). The monoisotopic (exact) mass is 622 g/mol. The number of benzene rings is 6. The molecule has 0 fully saturated rings. The number of aryl methyl sites for hydroxylation is 3. The molecule has 0 spiro atoms.